The van der Waals surface area contributed by atoms with Crippen LogP contribution >= 0.6 is 11.3 Å². The van der Waals surface area contributed by atoms with Crippen LogP contribution in [-0.4, -0.2) is 41.1 Å². The van der Waals surface area contributed by atoms with Gasteiger partial charge in [-0.2, -0.15) is 5.10 Å². The molecule has 8 nitrogen and oxygen atoms in total. The zero-order chi connectivity index (χ0) is 24.5. The van der Waals surface area contributed by atoms with Crippen molar-refractivity contribution >= 4 is 28.9 Å². The molecule has 0 aliphatic rings. The quantitative estimate of drug-likeness (QED) is 0.420. The lowest BCUT2D eigenvalue weighted by Gasteiger charge is -2.36. The number of hydrogen-bond donors (Lipinski definition) is 1. The normalized spacial score (nSPS) is 11.5. The maximum Gasteiger partial charge on any atom is 0.266 e. The Bertz CT molecular complexity index is 1310. The first-order valence-corrected chi connectivity index (χ1v) is 11.6. The van der Waals surface area contributed by atoms with Crippen molar-refractivity contribution in [2.24, 2.45) is 7.05 Å². The smallest absolute Gasteiger partial charge is 0.266 e. The molecular weight excluding hydrogens is 453 g/mol. The summed E-state index contributed by atoms with van der Waals surface area (Å²) in [7, 11) is 1.80. The van der Waals surface area contributed by atoms with Gasteiger partial charge in [-0.1, -0.05) is 12.1 Å². The monoisotopic (exact) mass is 479 g/mol. The lowest BCUT2D eigenvalue weighted by molar-refractivity contribution is 0.0563. The van der Waals surface area contributed by atoms with E-state index < -0.39 is 11.4 Å². The maximum atomic E-state index is 14.6. The van der Waals surface area contributed by atoms with E-state index in [-0.39, 0.29) is 17.5 Å². The highest BCUT2D eigenvalue weighted by molar-refractivity contribution is 7.11. The molecule has 0 fully saturated rings. The molecule has 4 rings (SSSR count). The lowest BCUT2D eigenvalue weighted by atomic mass is 9.99. The summed E-state index contributed by atoms with van der Waals surface area (Å²) in [6.45, 7) is 8.38. The van der Waals surface area contributed by atoms with E-state index in [0.29, 0.717) is 22.7 Å². The Hall–Kier alpha value is -3.66. The molecule has 0 bridgehead atoms. The van der Waals surface area contributed by atoms with Crippen molar-refractivity contribution in [1.82, 2.24) is 29.6 Å². The zero-order valence-electron chi connectivity index (χ0n) is 19.7. The number of carbonyl (C=O) groups is 1. The second-order valence-electron chi connectivity index (χ2n) is 8.99. The number of aryl methyl sites for hydroxylation is 2. The van der Waals surface area contributed by atoms with Crippen LogP contribution in [0, 0.1) is 12.7 Å². The number of nitrogens with zero attached hydrogens (tertiary/aromatic N) is 6. The van der Waals surface area contributed by atoms with Crippen molar-refractivity contribution in [2.75, 3.05) is 5.32 Å². The summed E-state index contributed by atoms with van der Waals surface area (Å²) in [4.78, 5) is 28.0. The highest BCUT2D eigenvalue weighted by Gasteiger charge is 2.28. The SMILES string of the molecule is Cc1cc(-c2nc(Nc3cnn(C)c3)ncc2F)ccc1CN(C(=O)c1cncs1)C(C)(C)C. The molecule has 0 spiro atoms. The largest absolute Gasteiger partial charge is 0.329 e. The molecule has 0 saturated carbocycles. The van der Waals surface area contributed by atoms with E-state index in [1.807, 2.05) is 50.8 Å². The molecule has 0 unspecified atom stereocenters. The molecule has 10 heteroatoms. The van der Waals surface area contributed by atoms with Crippen LogP contribution < -0.4 is 5.32 Å². The zero-order valence-corrected chi connectivity index (χ0v) is 20.5. The molecule has 34 heavy (non-hydrogen) atoms. The summed E-state index contributed by atoms with van der Waals surface area (Å²) in [6.07, 6.45) is 6.16. The first kappa shape index (κ1) is 23.5. The topological polar surface area (TPSA) is 88.8 Å². The molecule has 0 atom stereocenters. The number of anilines is 2. The number of carbonyl (C=O) groups excluding carboxylic acids is 1. The van der Waals surface area contributed by atoms with Gasteiger partial charge in [0.1, 0.15) is 10.6 Å². The number of aromatic nitrogens is 5. The Morgan fingerprint density at radius 1 is 1.24 bits per heavy atom. The minimum atomic E-state index is -0.513. The molecule has 0 aliphatic heterocycles. The standard InChI is InChI=1S/C24H26FN7OS/c1-15-8-16(21-19(25)10-27-23(30-21)29-18-9-28-31(5)13-18)6-7-17(15)12-32(24(2,3)4)22(33)20-11-26-14-34-20/h6-11,13-14H,12H2,1-5H3,(H,27,29,30). The van der Waals surface area contributed by atoms with Crippen molar-refractivity contribution < 1.29 is 9.18 Å². The van der Waals surface area contributed by atoms with Crippen LogP contribution in [0.4, 0.5) is 16.0 Å². The van der Waals surface area contributed by atoms with Gasteiger partial charge in [0.2, 0.25) is 5.95 Å². The van der Waals surface area contributed by atoms with E-state index in [9.17, 15) is 9.18 Å². The first-order chi connectivity index (χ1) is 16.1. The summed E-state index contributed by atoms with van der Waals surface area (Å²) < 4.78 is 16.3. The molecule has 0 aliphatic carbocycles. The number of hydrogen-bond acceptors (Lipinski definition) is 7. The summed E-state index contributed by atoms with van der Waals surface area (Å²) in [5.41, 5.74) is 4.71. The highest BCUT2D eigenvalue weighted by atomic mass is 32.1. The lowest BCUT2D eigenvalue weighted by Crippen LogP contribution is -2.44. The Balaban J connectivity index is 1.60. The Labute approximate surface area is 201 Å². The number of benzene rings is 1. The van der Waals surface area contributed by atoms with Gasteiger partial charge in [-0.25, -0.2) is 14.4 Å². The fraction of sp³-hybridized carbons (Fsp3) is 0.292. The average Bonchev–Trinajstić information content (AvgIpc) is 3.45. The molecule has 0 radical (unpaired) electrons. The van der Waals surface area contributed by atoms with Gasteiger partial charge < -0.3 is 10.2 Å². The molecule has 1 aromatic carbocycles. The average molecular weight is 480 g/mol. The van der Waals surface area contributed by atoms with Gasteiger partial charge in [0.15, 0.2) is 5.82 Å². The van der Waals surface area contributed by atoms with E-state index in [4.69, 9.17) is 0 Å². The Kier molecular flexibility index (Phi) is 6.43. The van der Waals surface area contributed by atoms with Gasteiger partial charge in [-0.3, -0.25) is 14.5 Å². The van der Waals surface area contributed by atoms with Crippen LogP contribution in [0.25, 0.3) is 11.3 Å². The van der Waals surface area contributed by atoms with E-state index in [2.05, 4.69) is 25.4 Å². The van der Waals surface area contributed by atoms with Crippen LogP contribution in [0.3, 0.4) is 0 Å². The number of halogens is 1. The fourth-order valence-corrected chi connectivity index (χ4v) is 4.07. The van der Waals surface area contributed by atoms with Gasteiger partial charge in [-0.05, 0) is 44.9 Å². The van der Waals surface area contributed by atoms with Gasteiger partial charge in [-0.15, -0.1) is 11.3 Å². The van der Waals surface area contributed by atoms with Crippen molar-refractivity contribution in [3.63, 3.8) is 0 Å². The van der Waals surface area contributed by atoms with Crippen molar-refractivity contribution in [3.8, 4) is 11.3 Å². The Morgan fingerprint density at radius 2 is 2.03 bits per heavy atom. The third-order valence-corrected chi connectivity index (χ3v) is 6.11. The van der Waals surface area contributed by atoms with Crippen LogP contribution in [0.15, 0.2) is 48.5 Å². The molecule has 1 amide bonds. The van der Waals surface area contributed by atoms with Crippen molar-refractivity contribution in [2.45, 2.75) is 39.8 Å². The second kappa shape index (κ2) is 9.30. The second-order valence-corrected chi connectivity index (χ2v) is 9.87. The fourth-order valence-electron chi connectivity index (χ4n) is 3.50. The molecule has 0 saturated heterocycles. The van der Waals surface area contributed by atoms with Crippen LogP contribution in [0.5, 0.6) is 0 Å². The van der Waals surface area contributed by atoms with Crippen molar-refractivity contribution in [3.05, 3.63) is 70.3 Å². The molecule has 3 aromatic heterocycles. The van der Waals surface area contributed by atoms with Gasteiger partial charge in [0.25, 0.3) is 5.91 Å². The molecule has 176 valence electrons. The minimum absolute atomic E-state index is 0.0635. The molecule has 4 aromatic rings. The van der Waals surface area contributed by atoms with E-state index in [1.54, 1.807) is 35.8 Å². The van der Waals surface area contributed by atoms with Gasteiger partial charge >= 0.3 is 0 Å². The Morgan fingerprint density at radius 3 is 2.65 bits per heavy atom. The first-order valence-electron chi connectivity index (χ1n) is 10.7. The highest BCUT2D eigenvalue weighted by Crippen LogP contribution is 2.28. The number of thiazole rings is 1. The van der Waals surface area contributed by atoms with Crippen LogP contribution in [0.1, 0.15) is 41.6 Å². The third kappa shape index (κ3) is 5.12. The van der Waals surface area contributed by atoms with E-state index in [1.165, 1.54) is 11.3 Å². The minimum Gasteiger partial charge on any atom is -0.329 e. The summed E-state index contributed by atoms with van der Waals surface area (Å²) >= 11 is 1.33. The molecule has 1 N–H and O–H groups in total. The predicted octanol–water partition coefficient (Wildman–Crippen LogP) is 4.97. The maximum absolute atomic E-state index is 14.6. The van der Waals surface area contributed by atoms with Gasteiger partial charge in [0.05, 0.1) is 29.8 Å². The summed E-state index contributed by atoms with van der Waals surface area (Å²) in [5, 5.41) is 7.13. The van der Waals surface area contributed by atoms with Crippen molar-refractivity contribution in [1.29, 1.82) is 0 Å². The number of rotatable bonds is 6. The number of amides is 1. The molecule has 3 heterocycles. The van der Waals surface area contributed by atoms with E-state index >= 15 is 0 Å². The van der Waals surface area contributed by atoms with Crippen LogP contribution in [0.2, 0.25) is 0 Å². The van der Waals surface area contributed by atoms with Crippen LogP contribution in [-0.2, 0) is 13.6 Å². The van der Waals surface area contributed by atoms with Gasteiger partial charge in [0, 0.05) is 30.9 Å². The summed E-state index contributed by atoms with van der Waals surface area (Å²) in [6, 6.07) is 5.62. The summed E-state index contributed by atoms with van der Waals surface area (Å²) in [5.74, 6) is -0.299. The molecular formula is C24H26FN7OS. The number of nitrogens with one attached hydrogen (secondary N) is 1. The third-order valence-electron chi connectivity index (χ3n) is 5.35. The van der Waals surface area contributed by atoms with E-state index in [0.717, 1.165) is 17.3 Å². The predicted molar refractivity (Wildman–Crippen MR) is 130 cm³/mol.